The Kier molecular flexibility index (Phi) is 3.06. The SMILES string of the molecule is Cc1ccc(F)cc1-c1noc(-c2ccc(N)c(O)c2)n1. The highest BCUT2D eigenvalue weighted by Gasteiger charge is 2.14. The van der Waals surface area contributed by atoms with Crippen molar-refractivity contribution >= 4 is 5.69 Å². The van der Waals surface area contributed by atoms with Crippen LogP contribution in [0.5, 0.6) is 5.75 Å². The van der Waals surface area contributed by atoms with Crippen LogP contribution in [0.15, 0.2) is 40.9 Å². The van der Waals surface area contributed by atoms with E-state index in [0.29, 0.717) is 17.0 Å². The number of nitrogens with two attached hydrogens (primary N) is 1. The summed E-state index contributed by atoms with van der Waals surface area (Å²) in [6, 6.07) is 9.01. The Labute approximate surface area is 119 Å². The molecule has 0 bridgehead atoms. The molecule has 106 valence electrons. The molecule has 3 N–H and O–H groups in total. The minimum absolute atomic E-state index is 0.0609. The van der Waals surface area contributed by atoms with Gasteiger partial charge in [0.05, 0.1) is 5.69 Å². The summed E-state index contributed by atoms with van der Waals surface area (Å²) < 4.78 is 18.5. The van der Waals surface area contributed by atoms with Gasteiger partial charge in [0.15, 0.2) is 0 Å². The quantitative estimate of drug-likeness (QED) is 0.558. The molecular weight excluding hydrogens is 273 g/mol. The molecule has 1 heterocycles. The highest BCUT2D eigenvalue weighted by molar-refractivity contribution is 5.66. The average molecular weight is 285 g/mol. The van der Waals surface area contributed by atoms with Crippen LogP contribution >= 0.6 is 0 Å². The second-order valence-corrected chi connectivity index (χ2v) is 4.66. The van der Waals surface area contributed by atoms with Gasteiger partial charge in [-0.25, -0.2) is 4.39 Å². The minimum Gasteiger partial charge on any atom is -0.506 e. The number of hydrogen-bond donors (Lipinski definition) is 2. The van der Waals surface area contributed by atoms with E-state index in [4.69, 9.17) is 10.3 Å². The normalized spacial score (nSPS) is 10.8. The molecule has 0 amide bonds. The van der Waals surface area contributed by atoms with Crippen LogP contribution in [0.4, 0.5) is 10.1 Å². The molecule has 21 heavy (non-hydrogen) atoms. The van der Waals surface area contributed by atoms with Gasteiger partial charge in [0.1, 0.15) is 11.6 Å². The number of halogens is 1. The predicted molar refractivity (Wildman–Crippen MR) is 75.9 cm³/mol. The van der Waals surface area contributed by atoms with Crippen LogP contribution in [0.2, 0.25) is 0 Å². The first-order valence-corrected chi connectivity index (χ1v) is 6.23. The van der Waals surface area contributed by atoms with E-state index in [1.165, 1.54) is 18.2 Å². The molecule has 0 aliphatic carbocycles. The summed E-state index contributed by atoms with van der Waals surface area (Å²) in [5, 5.41) is 13.5. The molecule has 3 rings (SSSR count). The predicted octanol–water partition coefficient (Wildman–Crippen LogP) is 3.14. The number of benzene rings is 2. The summed E-state index contributed by atoms with van der Waals surface area (Å²) in [5.74, 6) is 0.0866. The van der Waals surface area contributed by atoms with E-state index in [0.717, 1.165) is 5.56 Å². The van der Waals surface area contributed by atoms with Gasteiger partial charge in [-0.05, 0) is 42.8 Å². The standard InChI is InChI=1S/C15H12FN3O2/c1-8-2-4-10(16)7-11(8)14-18-15(21-19-14)9-3-5-12(17)13(20)6-9/h2-7,20H,17H2,1H3. The molecule has 0 aliphatic heterocycles. The summed E-state index contributed by atoms with van der Waals surface area (Å²) in [4.78, 5) is 4.23. The molecule has 0 saturated heterocycles. The van der Waals surface area contributed by atoms with Gasteiger partial charge in [0.25, 0.3) is 5.89 Å². The number of hydrogen-bond acceptors (Lipinski definition) is 5. The lowest BCUT2D eigenvalue weighted by molar-refractivity contribution is 0.431. The fraction of sp³-hybridized carbons (Fsp3) is 0.0667. The van der Waals surface area contributed by atoms with Gasteiger partial charge in [0, 0.05) is 11.1 Å². The number of nitrogens with zero attached hydrogens (tertiary/aromatic N) is 2. The Hall–Kier alpha value is -2.89. The molecule has 2 aromatic carbocycles. The number of aromatic nitrogens is 2. The number of aryl methyl sites for hydroxylation is 1. The Morgan fingerprint density at radius 3 is 2.76 bits per heavy atom. The molecule has 0 atom stereocenters. The van der Waals surface area contributed by atoms with Gasteiger partial charge >= 0.3 is 0 Å². The van der Waals surface area contributed by atoms with E-state index in [2.05, 4.69) is 10.1 Å². The lowest BCUT2D eigenvalue weighted by atomic mass is 10.1. The molecule has 6 heteroatoms. The molecule has 3 aromatic rings. The van der Waals surface area contributed by atoms with Crippen molar-refractivity contribution < 1.29 is 14.0 Å². The van der Waals surface area contributed by atoms with Crippen molar-refractivity contribution in [3.05, 3.63) is 47.8 Å². The van der Waals surface area contributed by atoms with Crippen LogP contribution in [0.1, 0.15) is 5.56 Å². The summed E-state index contributed by atoms with van der Waals surface area (Å²) >= 11 is 0. The van der Waals surface area contributed by atoms with E-state index in [1.807, 2.05) is 6.92 Å². The molecule has 0 fully saturated rings. The smallest absolute Gasteiger partial charge is 0.258 e. The molecular formula is C15H12FN3O2. The lowest BCUT2D eigenvalue weighted by Crippen LogP contribution is -1.88. The number of phenolic OH excluding ortho intramolecular Hbond substituents is 1. The first-order chi connectivity index (χ1) is 10.0. The average Bonchev–Trinajstić information content (AvgIpc) is 2.94. The van der Waals surface area contributed by atoms with Crippen molar-refractivity contribution in [2.75, 3.05) is 5.73 Å². The van der Waals surface area contributed by atoms with Crippen molar-refractivity contribution in [1.29, 1.82) is 0 Å². The van der Waals surface area contributed by atoms with Crippen LogP contribution in [0, 0.1) is 12.7 Å². The number of phenols is 1. The van der Waals surface area contributed by atoms with Gasteiger partial charge < -0.3 is 15.4 Å². The molecule has 0 saturated carbocycles. The van der Waals surface area contributed by atoms with E-state index in [1.54, 1.807) is 18.2 Å². The maximum atomic E-state index is 13.3. The fourth-order valence-corrected chi connectivity index (χ4v) is 1.96. The first-order valence-electron chi connectivity index (χ1n) is 6.23. The maximum Gasteiger partial charge on any atom is 0.258 e. The Morgan fingerprint density at radius 1 is 1.19 bits per heavy atom. The molecule has 5 nitrogen and oxygen atoms in total. The zero-order chi connectivity index (χ0) is 15.0. The Bertz CT molecular complexity index is 814. The van der Waals surface area contributed by atoms with Crippen molar-refractivity contribution in [2.45, 2.75) is 6.92 Å². The van der Waals surface area contributed by atoms with E-state index < -0.39 is 0 Å². The second kappa shape index (κ2) is 4.90. The maximum absolute atomic E-state index is 13.3. The van der Waals surface area contributed by atoms with Crippen LogP contribution in [0.25, 0.3) is 22.8 Å². The third kappa shape index (κ3) is 2.43. The van der Waals surface area contributed by atoms with Gasteiger partial charge in [-0.1, -0.05) is 11.2 Å². The van der Waals surface area contributed by atoms with Crippen LogP contribution < -0.4 is 5.73 Å². The Morgan fingerprint density at radius 2 is 2.00 bits per heavy atom. The lowest BCUT2D eigenvalue weighted by Gasteiger charge is -2.00. The number of aromatic hydroxyl groups is 1. The van der Waals surface area contributed by atoms with Crippen LogP contribution in [-0.2, 0) is 0 Å². The van der Waals surface area contributed by atoms with E-state index in [-0.39, 0.29) is 23.1 Å². The van der Waals surface area contributed by atoms with E-state index >= 15 is 0 Å². The largest absolute Gasteiger partial charge is 0.506 e. The van der Waals surface area contributed by atoms with Crippen LogP contribution in [0.3, 0.4) is 0 Å². The van der Waals surface area contributed by atoms with Crippen molar-refractivity contribution in [2.24, 2.45) is 0 Å². The molecule has 0 radical (unpaired) electrons. The van der Waals surface area contributed by atoms with Crippen LogP contribution in [-0.4, -0.2) is 15.2 Å². The summed E-state index contributed by atoms with van der Waals surface area (Å²) in [7, 11) is 0. The van der Waals surface area contributed by atoms with Gasteiger partial charge in [-0.15, -0.1) is 0 Å². The third-order valence-corrected chi connectivity index (χ3v) is 3.14. The molecule has 0 spiro atoms. The van der Waals surface area contributed by atoms with Crippen molar-refractivity contribution in [3.8, 4) is 28.6 Å². The fourth-order valence-electron chi connectivity index (χ4n) is 1.96. The van der Waals surface area contributed by atoms with E-state index in [9.17, 15) is 9.50 Å². The monoisotopic (exact) mass is 285 g/mol. The second-order valence-electron chi connectivity index (χ2n) is 4.66. The summed E-state index contributed by atoms with van der Waals surface area (Å²) in [6.45, 7) is 1.83. The molecule has 1 aromatic heterocycles. The highest BCUT2D eigenvalue weighted by Crippen LogP contribution is 2.29. The minimum atomic E-state index is -0.368. The number of anilines is 1. The van der Waals surface area contributed by atoms with Gasteiger partial charge in [-0.2, -0.15) is 4.98 Å². The number of rotatable bonds is 2. The first kappa shape index (κ1) is 13.1. The van der Waals surface area contributed by atoms with Gasteiger partial charge in [0.2, 0.25) is 5.82 Å². The highest BCUT2D eigenvalue weighted by atomic mass is 19.1. The van der Waals surface area contributed by atoms with Crippen molar-refractivity contribution in [1.82, 2.24) is 10.1 Å². The molecule has 0 unspecified atom stereocenters. The van der Waals surface area contributed by atoms with Crippen molar-refractivity contribution in [3.63, 3.8) is 0 Å². The third-order valence-electron chi connectivity index (χ3n) is 3.14. The molecule has 0 aliphatic rings. The topological polar surface area (TPSA) is 85.2 Å². The number of nitrogen functional groups attached to an aromatic ring is 1. The summed E-state index contributed by atoms with van der Waals surface area (Å²) in [6.07, 6.45) is 0. The van der Waals surface area contributed by atoms with Gasteiger partial charge in [-0.3, -0.25) is 0 Å². The Balaban J connectivity index is 2.03. The summed E-state index contributed by atoms with van der Waals surface area (Å²) in [5.41, 5.74) is 7.74. The zero-order valence-electron chi connectivity index (χ0n) is 11.2. The zero-order valence-corrected chi connectivity index (χ0v) is 11.2.